The summed E-state index contributed by atoms with van der Waals surface area (Å²) in [5, 5.41) is 3.02. The number of nitrogens with one attached hydrogen (secondary N) is 1. The number of benzene rings is 3. The van der Waals surface area contributed by atoms with Gasteiger partial charge in [-0.15, -0.1) is 0 Å². The van der Waals surface area contributed by atoms with E-state index in [-0.39, 0.29) is 29.6 Å². The Bertz CT molecular complexity index is 1420. The first-order chi connectivity index (χ1) is 19.1. The van der Waals surface area contributed by atoms with Gasteiger partial charge in [0.1, 0.15) is 24.1 Å². The van der Waals surface area contributed by atoms with Gasteiger partial charge in [-0.25, -0.2) is 8.42 Å². The van der Waals surface area contributed by atoms with E-state index in [4.69, 9.17) is 21.1 Å². The summed E-state index contributed by atoms with van der Waals surface area (Å²) >= 11 is 6.27. The maximum absolute atomic E-state index is 14.0. The number of hydrogen-bond acceptors (Lipinski definition) is 6. The minimum atomic E-state index is -3.92. The van der Waals surface area contributed by atoms with Crippen molar-refractivity contribution in [3.8, 4) is 11.5 Å². The van der Waals surface area contributed by atoms with Crippen molar-refractivity contribution in [2.45, 2.75) is 25.9 Å². The Morgan fingerprint density at radius 2 is 1.65 bits per heavy atom. The van der Waals surface area contributed by atoms with E-state index < -0.39 is 28.5 Å². The van der Waals surface area contributed by atoms with Crippen LogP contribution in [-0.2, 0) is 32.6 Å². The Kier molecular flexibility index (Phi) is 10.8. The molecule has 3 rings (SSSR count). The van der Waals surface area contributed by atoms with Crippen molar-refractivity contribution in [2.75, 3.05) is 37.9 Å². The highest BCUT2D eigenvalue weighted by Gasteiger charge is 2.33. The summed E-state index contributed by atoms with van der Waals surface area (Å²) in [4.78, 5) is 28.8. The molecule has 0 aliphatic carbocycles. The fraction of sp³-hybridized carbons (Fsp3) is 0.310. The molecule has 9 nitrogen and oxygen atoms in total. The Labute approximate surface area is 240 Å². The molecule has 2 amide bonds. The number of nitrogens with zero attached hydrogens (tertiary/aromatic N) is 2. The lowest BCUT2D eigenvalue weighted by Gasteiger charge is -2.33. The van der Waals surface area contributed by atoms with Crippen LogP contribution in [0.5, 0.6) is 11.5 Å². The number of sulfonamides is 1. The molecule has 0 bridgehead atoms. The minimum absolute atomic E-state index is 0.0473. The average Bonchev–Trinajstić information content (AvgIpc) is 2.93. The molecule has 0 fully saturated rings. The molecule has 3 aromatic carbocycles. The van der Waals surface area contributed by atoms with E-state index >= 15 is 0 Å². The minimum Gasteiger partial charge on any atom is -0.497 e. The number of anilines is 1. The SMILES string of the molecule is CCNC(=O)[C@@H](Cc1ccccc1)N(Cc1cccc(OC)c1)C(=O)CN(c1ccc(OC)c(Cl)c1)S(C)(=O)=O. The second-order valence-electron chi connectivity index (χ2n) is 9.06. The number of halogens is 1. The third kappa shape index (κ3) is 8.12. The van der Waals surface area contributed by atoms with Crippen LogP contribution in [0.2, 0.25) is 5.02 Å². The molecule has 0 aliphatic heterocycles. The van der Waals surface area contributed by atoms with Crippen LogP contribution < -0.4 is 19.1 Å². The molecule has 0 radical (unpaired) electrons. The molecule has 0 spiro atoms. The summed E-state index contributed by atoms with van der Waals surface area (Å²) in [6.07, 6.45) is 1.24. The van der Waals surface area contributed by atoms with Gasteiger partial charge in [-0.3, -0.25) is 13.9 Å². The Morgan fingerprint density at radius 3 is 2.25 bits per heavy atom. The molecular weight excluding hydrogens is 554 g/mol. The van der Waals surface area contributed by atoms with Crippen LogP contribution >= 0.6 is 11.6 Å². The predicted octanol–water partition coefficient (Wildman–Crippen LogP) is 3.90. The van der Waals surface area contributed by atoms with E-state index in [0.717, 1.165) is 16.1 Å². The van der Waals surface area contributed by atoms with E-state index in [1.807, 2.05) is 36.4 Å². The molecule has 1 atom stereocenters. The van der Waals surface area contributed by atoms with Crippen LogP contribution in [0.4, 0.5) is 5.69 Å². The Balaban J connectivity index is 2.06. The van der Waals surface area contributed by atoms with Crippen molar-refractivity contribution in [1.82, 2.24) is 10.2 Å². The molecule has 0 heterocycles. The third-order valence-corrected chi connectivity index (χ3v) is 7.65. The molecular formula is C29H34ClN3O6S. The fourth-order valence-electron chi connectivity index (χ4n) is 4.24. The lowest BCUT2D eigenvalue weighted by molar-refractivity contribution is -0.140. The standard InChI is InChI=1S/C29H34ClN3O6S/c1-5-31-29(35)26(17-21-10-7-6-8-11-21)32(19-22-12-9-13-24(16-22)38-2)28(34)20-33(40(4,36)37)23-14-15-27(39-3)25(30)18-23/h6-16,18,26H,5,17,19-20H2,1-4H3,(H,31,35)/t26-/m1/s1. The lowest BCUT2D eigenvalue weighted by Crippen LogP contribution is -2.53. The maximum atomic E-state index is 14.0. The number of methoxy groups -OCH3 is 2. The normalized spacial score (nSPS) is 11.8. The largest absolute Gasteiger partial charge is 0.497 e. The molecule has 11 heteroatoms. The summed E-state index contributed by atoms with van der Waals surface area (Å²) in [6, 6.07) is 20.0. The number of hydrogen-bond donors (Lipinski definition) is 1. The van der Waals surface area contributed by atoms with E-state index in [1.165, 1.54) is 30.2 Å². The molecule has 0 aliphatic rings. The third-order valence-electron chi connectivity index (χ3n) is 6.21. The van der Waals surface area contributed by atoms with Crippen LogP contribution in [0.15, 0.2) is 72.8 Å². The van der Waals surface area contributed by atoms with Gasteiger partial charge in [0, 0.05) is 19.5 Å². The van der Waals surface area contributed by atoms with Gasteiger partial charge in [-0.1, -0.05) is 54.1 Å². The predicted molar refractivity (Wildman–Crippen MR) is 156 cm³/mol. The van der Waals surface area contributed by atoms with E-state index in [9.17, 15) is 18.0 Å². The maximum Gasteiger partial charge on any atom is 0.244 e. The van der Waals surface area contributed by atoms with Gasteiger partial charge in [-0.2, -0.15) is 0 Å². The van der Waals surface area contributed by atoms with Gasteiger partial charge in [0.15, 0.2) is 0 Å². The summed E-state index contributed by atoms with van der Waals surface area (Å²) < 4.78 is 37.2. The lowest BCUT2D eigenvalue weighted by atomic mass is 10.0. The second kappa shape index (κ2) is 14.0. The number of rotatable bonds is 13. The van der Waals surface area contributed by atoms with Crippen LogP contribution in [0.25, 0.3) is 0 Å². The summed E-state index contributed by atoms with van der Waals surface area (Å²) in [6.45, 7) is 1.66. The van der Waals surface area contributed by atoms with E-state index in [2.05, 4.69) is 5.32 Å². The second-order valence-corrected chi connectivity index (χ2v) is 11.4. The van der Waals surface area contributed by atoms with Gasteiger partial charge in [-0.05, 0) is 48.4 Å². The Morgan fingerprint density at radius 1 is 0.950 bits per heavy atom. The van der Waals surface area contributed by atoms with E-state index in [0.29, 0.717) is 23.6 Å². The molecule has 0 saturated carbocycles. The highest BCUT2D eigenvalue weighted by molar-refractivity contribution is 7.92. The number of carbonyl (C=O) groups excluding carboxylic acids is 2. The first kappa shape index (κ1) is 30.8. The summed E-state index contributed by atoms with van der Waals surface area (Å²) in [5.74, 6) is 0.0468. The van der Waals surface area contributed by atoms with Crippen LogP contribution in [0, 0.1) is 0 Å². The quantitative estimate of drug-likeness (QED) is 0.325. The molecule has 214 valence electrons. The topological polar surface area (TPSA) is 105 Å². The molecule has 0 aromatic heterocycles. The first-order valence-electron chi connectivity index (χ1n) is 12.6. The van der Waals surface area contributed by atoms with Gasteiger partial charge in [0.25, 0.3) is 0 Å². The zero-order valence-corrected chi connectivity index (χ0v) is 24.5. The van der Waals surface area contributed by atoms with Crippen molar-refractivity contribution in [2.24, 2.45) is 0 Å². The molecule has 0 saturated heterocycles. The van der Waals surface area contributed by atoms with Crippen molar-refractivity contribution in [3.63, 3.8) is 0 Å². The smallest absolute Gasteiger partial charge is 0.244 e. The van der Waals surface area contributed by atoms with Crippen molar-refractivity contribution < 1.29 is 27.5 Å². The highest BCUT2D eigenvalue weighted by atomic mass is 35.5. The zero-order chi connectivity index (χ0) is 29.3. The highest BCUT2D eigenvalue weighted by Crippen LogP contribution is 2.30. The Hall–Kier alpha value is -3.76. The van der Waals surface area contributed by atoms with Crippen LogP contribution in [0.3, 0.4) is 0 Å². The molecule has 40 heavy (non-hydrogen) atoms. The summed E-state index contributed by atoms with van der Waals surface area (Å²) in [5.41, 5.74) is 1.76. The summed E-state index contributed by atoms with van der Waals surface area (Å²) in [7, 11) is -0.927. The number of carbonyl (C=O) groups is 2. The van der Waals surface area contributed by atoms with Gasteiger partial charge in [0.2, 0.25) is 21.8 Å². The number of likely N-dealkylation sites (N-methyl/N-ethyl adjacent to an activating group) is 1. The average molecular weight is 588 g/mol. The molecule has 1 N–H and O–H groups in total. The van der Waals surface area contributed by atoms with Gasteiger partial charge < -0.3 is 19.7 Å². The first-order valence-corrected chi connectivity index (χ1v) is 14.8. The van der Waals surface area contributed by atoms with Crippen molar-refractivity contribution >= 4 is 39.1 Å². The van der Waals surface area contributed by atoms with Gasteiger partial charge in [0.05, 0.1) is 31.2 Å². The molecule has 3 aromatic rings. The van der Waals surface area contributed by atoms with Crippen LogP contribution in [0.1, 0.15) is 18.1 Å². The zero-order valence-electron chi connectivity index (χ0n) is 23.0. The number of ether oxygens (including phenoxy) is 2. The van der Waals surface area contributed by atoms with Crippen LogP contribution in [-0.4, -0.2) is 64.7 Å². The van der Waals surface area contributed by atoms with Gasteiger partial charge >= 0.3 is 0 Å². The number of amides is 2. The van der Waals surface area contributed by atoms with Crippen molar-refractivity contribution in [1.29, 1.82) is 0 Å². The van der Waals surface area contributed by atoms with Crippen molar-refractivity contribution in [3.05, 3.63) is 88.9 Å². The van der Waals surface area contributed by atoms with E-state index in [1.54, 1.807) is 32.2 Å². The molecule has 0 unspecified atom stereocenters. The monoisotopic (exact) mass is 587 g/mol. The fourth-order valence-corrected chi connectivity index (χ4v) is 5.33.